The van der Waals surface area contributed by atoms with E-state index < -0.39 is 11.9 Å². The Kier molecular flexibility index (Phi) is 10.9. The van der Waals surface area contributed by atoms with Crippen molar-refractivity contribution in [2.45, 2.75) is 72.3 Å². The van der Waals surface area contributed by atoms with Crippen molar-refractivity contribution in [2.24, 2.45) is 0 Å². The third-order valence-electron chi connectivity index (χ3n) is 3.20. The Bertz CT molecular complexity index is 556. The molecule has 3 nitrogen and oxygen atoms in total. The minimum atomic E-state index is -4.57. The summed E-state index contributed by atoms with van der Waals surface area (Å²) in [4.78, 5) is 3.58. The average molecular weight is 359 g/mol. The highest BCUT2D eigenvalue weighted by molar-refractivity contribution is 5.37. The minimum Gasteiger partial charge on any atom is -0.488 e. The Hall–Kier alpha value is -1.74. The van der Waals surface area contributed by atoms with Gasteiger partial charge in [-0.3, -0.25) is 0 Å². The van der Waals surface area contributed by atoms with Crippen LogP contribution in [0.2, 0.25) is 0 Å². The molecule has 0 N–H and O–H groups in total. The minimum absolute atomic E-state index is 0.0620. The fraction of sp³-hybridized carbons (Fsp3) is 0.632. The molecule has 1 aromatic heterocycles. The summed E-state index contributed by atoms with van der Waals surface area (Å²) in [5, 5.41) is 0. The van der Waals surface area contributed by atoms with Gasteiger partial charge in [-0.25, -0.2) is 4.98 Å². The molecule has 0 unspecified atom stereocenters. The summed E-state index contributed by atoms with van der Waals surface area (Å²) in [5.41, 5.74) is -0.925. The van der Waals surface area contributed by atoms with Gasteiger partial charge in [0.15, 0.2) is 11.4 Å². The van der Waals surface area contributed by atoms with Crippen molar-refractivity contribution in [3.05, 3.63) is 23.5 Å². The van der Waals surface area contributed by atoms with Crippen LogP contribution in [0.4, 0.5) is 13.2 Å². The van der Waals surface area contributed by atoms with Crippen molar-refractivity contribution >= 4 is 0 Å². The second-order valence-electron chi connectivity index (χ2n) is 4.77. The summed E-state index contributed by atoms with van der Waals surface area (Å²) in [6.07, 6.45) is -3.03. The molecular formula is C19H28F3NO2. The molecule has 0 radical (unpaired) electrons. The molecule has 1 aliphatic carbocycles. The Balaban J connectivity index is 0.00000134. The Morgan fingerprint density at radius 1 is 1.12 bits per heavy atom. The van der Waals surface area contributed by atoms with Gasteiger partial charge in [0, 0.05) is 26.4 Å². The molecule has 0 atom stereocenters. The largest absolute Gasteiger partial charge is 0.488 e. The lowest BCUT2D eigenvalue weighted by Gasteiger charge is -2.34. The molecule has 1 fully saturated rings. The van der Waals surface area contributed by atoms with Crippen LogP contribution < -0.4 is 4.74 Å². The maximum atomic E-state index is 13.1. The molecule has 0 saturated heterocycles. The predicted octanol–water partition coefficient (Wildman–Crippen LogP) is 5.47. The van der Waals surface area contributed by atoms with Crippen molar-refractivity contribution in [2.75, 3.05) is 7.11 Å². The quantitative estimate of drug-likeness (QED) is 0.671. The summed E-state index contributed by atoms with van der Waals surface area (Å²) >= 11 is 0. The van der Waals surface area contributed by atoms with Gasteiger partial charge in [0.2, 0.25) is 0 Å². The van der Waals surface area contributed by atoms with Gasteiger partial charge in [-0.15, -0.1) is 0 Å². The van der Waals surface area contributed by atoms with Crippen molar-refractivity contribution < 1.29 is 22.6 Å². The van der Waals surface area contributed by atoms with Crippen molar-refractivity contribution in [3.8, 4) is 17.6 Å². The van der Waals surface area contributed by atoms with Gasteiger partial charge in [-0.05, 0) is 18.1 Å². The van der Waals surface area contributed by atoms with Gasteiger partial charge in [-0.1, -0.05) is 40.5 Å². The number of nitrogens with zero attached hydrogens (tertiary/aromatic N) is 1. The second-order valence-corrected chi connectivity index (χ2v) is 4.77. The molecule has 0 aliphatic heterocycles. The molecule has 1 heterocycles. The van der Waals surface area contributed by atoms with E-state index in [1.54, 1.807) is 7.11 Å². The third kappa shape index (κ3) is 7.35. The van der Waals surface area contributed by atoms with E-state index in [1.807, 2.05) is 34.6 Å². The summed E-state index contributed by atoms with van der Waals surface area (Å²) in [6.45, 7) is 9.82. The van der Waals surface area contributed by atoms with Gasteiger partial charge in [0.05, 0.1) is 6.10 Å². The fourth-order valence-electron chi connectivity index (χ4n) is 1.98. The zero-order valence-electron chi connectivity index (χ0n) is 15.8. The van der Waals surface area contributed by atoms with Crippen molar-refractivity contribution in [1.29, 1.82) is 0 Å². The lowest BCUT2D eigenvalue weighted by Crippen LogP contribution is -2.39. The second kappa shape index (κ2) is 11.8. The van der Waals surface area contributed by atoms with Crippen LogP contribution in [0.1, 0.15) is 65.3 Å². The van der Waals surface area contributed by atoms with E-state index in [0.717, 1.165) is 0 Å². The van der Waals surface area contributed by atoms with Crippen LogP contribution in [-0.4, -0.2) is 24.3 Å². The first kappa shape index (κ1) is 23.3. The number of halogens is 3. The topological polar surface area (TPSA) is 31.4 Å². The van der Waals surface area contributed by atoms with E-state index in [0.29, 0.717) is 19.3 Å². The van der Waals surface area contributed by atoms with E-state index in [9.17, 15) is 13.2 Å². The van der Waals surface area contributed by atoms with Crippen molar-refractivity contribution in [3.63, 3.8) is 0 Å². The zero-order valence-corrected chi connectivity index (χ0v) is 15.8. The highest BCUT2D eigenvalue weighted by atomic mass is 19.4. The van der Waals surface area contributed by atoms with E-state index in [4.69, 9.17) is 9.47 Å². The smallest absolute Gasteiger partial charge is 0.437 e. The van der Waals surface area contributed by atoms with Crippen LogP contribution in [0.25, 0.3) is 0 Å². The molecule has 0 amide bonds. The summed E-state index contributed by atoms with van der Waals surface area (Å²) in [7, 11) is 1.57. The van der Waals surface area contributed by atoms with E-state index in [1.165, 1.54) is 12.1 Å². The first-order chi connectivity index (χ1) is 11.9. The predicted molar refractivity (Wildman–Crippen MR) is 93.6 cm³/mol. The molecule has 1 saturated carbocycles. The van der Waals surface area contributed by atoms with Gasteiger partial charge in [0.1, 0.15) is 11.8 Å². The first-order valence-electron chi connectivity index (χ1n) is 8.70. The summed E-state index contributed by atoms with van der Waals surface area (Å²) in [5.74, 6) is 5.05. The SMILES string of the molecule is CC.CC.CCC#Cc1ccc(OC2CC(OC)C2)c(C(F)(F)F)n1. The molecule has 1 aromatic rings. The third-order valence-corrected chi connectivity index (χ3v) is 3.20. The molecule has 1 aliphatic rings. The van der Waals surface area contributed by atoms with E-state index in [2.05, 4.69) is 16.8 Å². The maximum Gasteiger partial charge on any atom is 0.437 e. The van der Waals surface area contributed by atoms with Crippen molar-refractivity contribution in [1.82, 2.24) is 4.98 Å². The molecule has 0 spiro atoms. The number of alkyl halides is 3. The van der Waals surface area contributed by atoms with Gasteiger partial charge in [0.25, 0.3) is 0 Å². The zero-order chi connectivity index (χ0) is 19.5. The highest BCUT2D eigenvalue weighted by Crippen LogP contribution is 2.37. The van der Waals surface area contributed by atoms with Gasteiger partial charge in [-0.2, -0.15) is 13.2 Å². The summed E-state index contributed by atoms with van der Waals surface area (Å²) < 4.78 is 49.6. The Morgan fingerprint density at radius 2 is 1.72 bits per heavy atom. The van der Waals surface area contributed by atoms with Gasteiger partial charge < -0.3 is 9.47 Å². The molecule has 6 heteroatoms. The van der Waals surface area contributed by atoms with Crippen LogP contribution in [0, 0.1) is 11.8 Å². The van der Waals surface area contributed by atoms with Crippen LogP contribution in [0.3, 0.4) is 0 Å². The van der Waals surface area contributed by atoms with Gasteiger partial charge >= 0.3 is 6.18 Å². The number of ether oxygens (including phenoxy) is 2. The molecule has 0 bridgehead atoms. The molecule has 25 heavy (non-hydrogen) atoms. The van der Waals surface area contributed by atoms with Crippen LogP contribution >= 0.6 is 0 Å². The van der Waals surface area contributed by atoms with E-state index in [-0.39, 0.29) is 23.7 Å². The molecule has 0 aromatic carbocycles. The fourth-order valence-corrected chi connectivity index (χ4v) is 1.98. The molecule has 2 rings (SSSR count). The van der Waals surface area contributed by atoms with Crippen LogP contribution in [0.15, 0.2) is 12.1 Å². The van der Waals surface area contributed by atoms with Crippen LogP contribution in [0.5, 0.6) is 5.75 Å². The number of hydrogen-bond donors (Lipinski definition) is 0. The van der Waals surface area contributed by atoms with E-state index >= 15 is 0 Å². The lowest BCUT2D eigenvalue weighted by molar-refractivity contribution is -0.144. The lowest BCUT2D eigenvalue weighted by atomic mass is 9.92. The first-order valence-corrected chi connectivity index (χ1v) is 8.70. The highest BCUT2D eigenvalue weighted by Gasteiger charge is 2.39. The normalized spacial score (nSPS) is 18.3. The number of methoxy groups -OCH3 is 1. The Morgan fingerprint density at radius 3 is 2.20 bits per heavy atom. The molecular weight excluding hydrogens is 331 g/mol. The number of pyridine rings is 1. The standard InChI is InChI=1S/C15H16F3NO2.2C2H6/c1-3-4-5-10-6-7-13(14(19-10)15(16,17)18)21-12-8-11(9-12)20-2;2*1-2/h6-7,11-12H,3,8-9H2,1-2H3;2*1-2H3. The maximum absolute atomic E-state index is 13.1. The Labute approximate surface area is 148 Å². The molecule has 142 valence electrons. The summed E-state index contributed by atoms with van der Waals surface area (Å²) in [6, 6.07) is 2.73. The monoisotopic (exact) mass is 359 g/mol. The number of rotatable bonds is 3. The van der Waals surface area contributed by atoms with Crippen LogP contribution in [-0.2, 0) is 10.9 Å². The average Bonchev–Trinajstić information content (AvgIpc) is 2.59. The number of hydrogen-bond acceptors (Lipinski definition) is 3. The number of aromatic nitrogens is 1.